The maximum Gasteiger partial charge on any atom is 0.332 e. The maximum absolute atomic E-state index is 12.3. The van der Waals surface area contributed by atoms with Crippen molar-refractivity contribution in [3.63, 3.8) is 0 Å². The molecule has 2 aromatic heterocycles. The number of hydrogen-bond donors (Lipinski definition) is 4. The van der Waals surface area contributed by atoms with Crippen LogP contribution in [0.5, 0.6) is 0 Å². The second kappa shape index (κ2) is 7.71. The zero-order chi connectivity index (χ0) is 17.9. The molecule has 0 bridgehead atoms. The molecule has 10 nitrogen and oxygen atoms in total. The van der Waals surface area contributed by atoms with E-state index < -0.39 is 17.4 Å². The van der Waals surface area contributed by atoms with E-state index in [1.807, 2.05) is 0 Å². The average molecular weight is 342 g/mol. The highest BCUT2D eigenvalue weighted by atomic mass is 16.3. The van der Waals surface area contributed by atoms with Crippen molar-refractivity contribution in [2.45, 2.75) is 12.6 Å². The van der Waals surface area contributed by atoms with E-state index in [9.17, 15) is 14.7 Å². The van der Waals surface area contributed by atoms with E-state index >= 15 is 0 Å². The molecule has 0 spiro atoms. The van der Waals surface area contributed by atoms with Crippen molar-refractivity contribution in [3.05, 3.63) is 27.2 Å². The molecule has 0 unspecified atom stereocenters. The van der Waals surface area contributed by atoms with Crippen molar-refractivity contribution >= 4 is 11.2 Å². The lowest BCUT2D eigenvalue weighted by atomic mass is 10.3. The van der Waals surface area contributed by atoms with Crippen molar-refractivity contribution in [1.82, 2.24) is 18.7 Å². The van der Waals surface area contributed by atoms with Gasteiger partial charge in [0.1, 0.15) is 25.7 Å². The number of fused-ring (bicyclic) bond motifs is 1. The van der Waals surface area contributed by atoms with Crippen LogP contribution in [0.15, 0.2) is 15.9 Å². The van der Waals surface area contributed by atoms with Gasteiger partial charge in [-0.15, -0.1) is 0 Å². The van der Waals surface area contributed by atoms with Gasteiger partial charge in [-0.05, 0) is 0 Å². The number of aryl methyl sites for hydroxylation is 1. The first kappa shape index (κ1) is 18.3. The molecule has 0 aromatic carbocycles. The van der Waals surface area contributed by atoms with E-state index in [0.717, 1.165) is 9.47 Å². The minimum atomic E-state index is -0.794. The summed E-state index contributed by atoms with van der Waals surface area (Å²) in [5.74, 6) is 0. The van der Waals surface area contributed by atoms with Gasteiger partial charge >= 0.3 is 5.69 Å². The number of aromatic nitrogens is 4. The second-order valence-electron chi connectivity index (χ2n) is 5.83. The summed E-state index contributed by atoms with van der Waals surface area (Å²) >= 11 is 0. The summed E-state index contributed by atoms with van der Waals surface area (Å²) in [4.78, 5) is 29.2. The first-order valence-corrected chi connectivity index (χ1v) is 7.74. The molecule has 4 N–H and O–H groups in total. The summed E-state index contributed by atoms with van der Waals surface area (Å²) < 4.78 is 3.81. The largest absolute Gasteiger partial charge is 0.391 e. The molecule has 2 aromatic rings. The van der Waals surface area contributed by atoms with Crippen molar-refractivity contribution in [2.75, 3.05) is 32.8 Å². The summed E-state index contributed by atoms with van der Waals surface area (Å²) in [6, 6.07) is 0. The molecule has 0 fully saturated rings. The molecule has 0 aliphatic carbocycles. The fraction of sp³-hybridized carbons (Fsp3) is 0.643. The van der Waals surface area contributed by atoms with Gasteiger partial charge < -0.3 is 24.8 Å². The topological polar surface area (TPSA) is 127 Å². The van der Waals surface area contributed by atoms with Crippen LogP contribution in [0, 0.1) is 0 Å². The number of aliphatic hydroxyl groups excluding tert-OH is 3. The Hall–Kier alpha value is -2.01. The predicted octanol–water partition coefficient (Wildman–Crippen LogP) is -4.34. The van der Waals surface area contributed by atoms with Gasteiger partial charge in [0.25, 0.3) is 5.56 Å². The third kappa shape index (κ3) is 3.56. The highest BCUT2D eigenvalue weighted by Gasteiger charge is 2.19. The third-order valence-electron chi connectivity index (χ3n) is 4.08. The van der Waals surface area contributed by atoms with Crippen molar-refractivity contribution < 1.29 is 20.2 Å². The summed E-state index contributed by atoms with van der Waals surface area (Å²) in [5.41, 5.74) is -0.401. The molecular formula is C14H24N5O5+. The number of imidazole rings is 1. The monoisotopic (exact) mass is 342 g/mol. The Kier molecular flexibility index (Phi) is 5.89. The number of hydrogen-bond acceptors (Lipinski definition) is 6. The highest BCUT2D eigenvalue weighted by Crippen LogP contribution is 2.06. The van der Waals surface area contributed by atoms with E-state index in [1.165, 1.54) is 29.6 Å². The molecule has 0 saturated carbocycles. The zero-order valence-electron chi connectivity index (χ0n) is 13.8. The van der Waals surface area contributed by atoms with Gasteiger partial charge in [0, 0.05) is 14.1 Å². The van der Waals surface area contributed by atoms with E-state index in [0.29, 0.717) is 19.6 Å². The predicted molar refractivity (Wildman–Crippen MR) is 86.0 cm³/mol. The normalized spacial score (nSPS) is 13.1. The molecule has 2 rings (SSSR count). The van der Waals surface area contributed by atoms with Gasteiger partial charge in [0.15, 0.2) is 11.2 Å². The number of rotatable bonds is 8. The molecule has 24 heavy (non-hydrogen) atoms. The Bertz CT molecular complexity index is 802. The van der Waals surface area contributed by atoms with Crippen LogP contribution in [0.1, 0.15) is 0 Å². The van der Waals surface area contributed by atoms with Crippen LogP contribution in [0.25, 0.3) is 11.2 Å². The summed E-state index contributed by atoms with van der Waals surface area (Å²) in [5, 5.41) is 28.3. The first-order chi connectivity index (χ1) is 11.4. The van der Waals surface area contributed by atoms with Gasteiger partial charge in [0.05, 0.1) is 26.1 Å². The number of quaternary nitrogens is 1. The lowest BCUT2D eigenvalue weighted by molar-refractivity contribution is -0.904. The fourth-order valence-electron chi connectivity index (χ4n) is 2.81. The van der Waals surface area contributed by atoms with E-state index in [-0.39, 0.29) is 30.9 Å². The van der Waals surface area contributed by atoms with E-state index in [4.69, 9.17) is 10.2 Å². The number of nitrogens with zero attached hydrogens (tertiary/aromatic N) is 4. The van der Waals surface area contributed by atoms with Crippen LogP contribution in [-0.2, 0) is 20.6 Å². The summed E-state index contributed by atoms with van der Waals surface area (Å²) in [7, 11) is 2.93. The molecule has 134 valence electrons. The molecular weight excluding hydrogens is 318 g/mol. The molecule has 1 atom stereocenters. The van der Waals surface area contributed by atoms with Crippen LogP contribution in [-0.4, -0.2) is 73.0 Å². The Morgan fingerprint density at radius 1 is 1.17 bits per heavy atom. The van der Waals surface area contributed by atoms with Gasteiger partial charge in [0.2, 0.25) is 0 Å². The number of aliphatic hydroxyl groups is 3. The van der Waals surface area contributed by atoms with Crippen molar-refractivity contribution in [1.29, 1.82) is 0 Å². The quantitative estimate of drug-likeness (QED) is 0.384. The Balaban J connectivity index is 2.27. The van der Waals surface area contributed by atoms with Crippen LogP contribution in [0.4, 0.5) is 0 Å². The maximum atomic E-state index is 12.3. The van der Waals surface area contributed by atoms with Gasteiger partial charge in [-0.25, -0.2) is 9.78 Å². The minimum Gasteiger partial charge on any atom is -0.391 e. The molecule has 0 radical (unpaired) electrons. The van der Waals surface area contributed by atoms with E-state index in [1.54, 1.807) is 0 Å². The lowest BCUT2D eigenvalue weighted by Gasteiger charge is -2.21. The van der Waals surface area contributed by atoms with Gasteiger partial charge in [-0.3, -0.25) is 13.9 Å². The molecule has 0 aliphatic rings. The zero-order valence-corrected chi connectivity index (χ0v) is 13.8. The Morgan fingerprint density at radius 3 is 2.38 bits per heavy atom. The average Bonchev–Trinajstić information content (AvgIpc) is 2.95. The molecule has 0 aliphatic heterocycles. The summed E-state index contributed by atoms with van der Waals surface area (Å²) in [6.45, 7) is 1.19. The third-order valence-corrected chi connectivity index (χ3v) is 4.08. The van der Waals surface area contributed by atoms with Gasteiger partial charge in [-0.2, -0.15) is 0 Å². The van der Waals surface area contributed by atoms with Crippen LogP contribution < -0.4 is 16.1 Å². The number of nitrogens with one attached hydrogen (secondary N) is 1. The first-order valence-electron chi connectivity index (χ1n) is 7.74. The van der Waals surface area contributed by atoms with E-state index in [2.05, 4.69) is 4.98 Å². The lowest BCUT2D eigenvalue weighted by Crippen LogP contribution is -3.14. The van der Waals surface area contributed by atoms with Gasteiger partial charge in [-0.1, -0.05) is 0 Å². The Labute approximate surface area is 137 Å². The van der Waals surface area contributed by atoms with Crippen molar-refractivity contribution in [2.24, 2.45) is 14.1 Å². The SMILES string of the molecule is Cn1c(=O)c2c(ncn2C[C@H](O)C[NH+](CCO)CCO)n(C)c1=O. The van der Waals surface area contributed by atoms with Crippen LogP contribution in [0.2, 0.25) is 0 Å². The smallest absolute Gasteiger partial charge is 0.332 e. The van der Waals surface area contributed by atoms with Crippen LogP contribution >= 0.6 is 0 Å². The summed E-state index contributed by atoms with van der Waals surface area (Å²) in [6.07, 6.45) is 0.629. The fourth-order valence-corrected chi connectivity index (χ4v) is 2.81. The van der Waals surface area contributed by atoms with Crippen LogP contribution in [0.3, 0.4) is 0 Å². The molecule has 0 amide bonds. The Morgan fingerprint density at radius 2 is 1.79 bits per heavy atom. The molecule has 0 saturated heterocycles. The molecule has 2 heterocycles. The second-order valence-corrected chi connectivity index (χ2v) is 5.83. The standard InChI is InChI=1S/C14H23N5O5/c1-16-12-11(13(23)17(2)14(16)24)19(9-15-12)8-10(22)7-18(3-5-20)4-6-21/h9-10,20-22H,3-8H2,1-2H3/p+1/t10-/m1/s1. The van der Waals surface area contributed by atoms with Crippen molar-refractivity contribution in [3.8, 4) is 0 Å². The highest BCUT2D eigenvalue weighted by molar-refractivity contribution is 5.69. The minimum absolute atomic E-state index is 0.0429. The molecule has 10 heteroatoms.